The van der Waals surface area contributed by atoms with Crippen molar-refractivity contribution in [2.75, 3.05) is 19.6 Å². The van der Waals surface area contributed by atoms with Crippen LogP contribution >= 0.6 is 11.3 Å². The van der Waals surface area contributed by atoms with Crippen molar-refractivity contribution in [1.29, 1.82) is 0 Å². The van der Waals surface area contributed by atoms with Crippen LogP contribution in [0.2, 0.25) is 0 Å². The predicted molar refractivity (Wildman–Crippen MR) is 91.7 cm³/mol. The van der Waals surface area contributed by atoms with Crippen LogP contribution in [0.15, 0.2) is 6.07 Å². The minimum atomic E-state index is 0.731. The summed E-state index contributed by atoms with van der Waals surface area (Å²) in [6, 6.07) is 2.45. The van der Waals surface area contributed by atoms with E-state index in [0.29, 0.717) is 0 Å². The molecule has 2 aliphatic rings. The number of rotatable bonds is 6. The van der Waals surface area contributed by atoms with Crippen LogP contribution in [0.3, 0.4) is 0 Å². The van der Waals surface area contributed by atoms with Crippen molar-refractivity contribution in [3.05, 3.63) is 21.4 Å². The monoisotopic (exact) mass is 306 g/mol. The molecule has 2 heterocycles. The zero-order chi connectivity index (χ0) is 14.8. The Hall–Kier alpha value is -0.380. The van der Waals surface area contributed by atoms with E-state index in [1.807, 2.05) is 11.3 Å². The molecule has 0 amide bonds. The van der Waals surface area contributed by atoms with Gasteiger partial charge >= 0.3 is 0 Å². The fourth-order valence-corrected chi connectivity index (χ4v) is 5.04. The zero-order valence-corrected chi connectivity index (χ0v) is 14.6. The van der Waals surface area contributed by atoms with Crippen molar-refractivity contribution in [3.8, 4) is 0 Å². The van der Waals surface area contributed by atoms with Gasteiger partial charge in [-0.3, -0.25) is 4.90 Å². The lowest BCUT2D eigenvalue weighted by atomic mass is 10.0. The molecule has 0 spiro atoms. The minimum Gasteiger partial charge on any atom is -0.312 e. The highest BCUT2D eigenvalue weighted by Crippen LogP contribution is 2.38. The zero-order valence-electron chi connectivity index (χ0n) is 13.8. The molecule has 2 atom stereocenters. The number of thiophene rings is 1. The van der Waals surface area contributed by atoms with E-state index in [9.17, 15) is 0 Å². The second kappa shape index (κ2) is 6.80. The Morgan fingerprint density at radius 3 is 2.67 bits per heavy atom. The van der Waals surface area contributed by atoms with E-state index in [0.717, 1.165) is 30.8 Å². The maximum absolute atomic E-state index is 3.56. The van der Waals surface area contributed by atoms with Crippen molar-refractivity contribution in [2.24, 2.45) is 17.8 Å². The quantitative estimate of drug-likeness (QED) is 0.853. The Bertz CT molecular complexity index is 454. The van der Waals surface area contributed by atoms with Crippen molar-refractivity contribution in [1.82, 2.24) is 10.2 Å². The number of hydrogen-bond donors (Lipinski definition) is 1. The number of nitrogens with zero attached hydrogens (tertiary/aromatic N) is 1. The van der Waals surface area contributed by atoms with Crippen LogP contribution < -0.4 is 5.32 Å². The first kappa shape index (κ1) is 15.5. The van der Waals surface area contributed by atoms with E-state index in [-0.39, 0.29) is 0 Å². The minimum absolute atomic E-state index is 0.731. The first-order valence-corrected chi connectivity index (χ1v) is 9.44. The Morgan fingerprint density at radius 1 is 1.29 bits per heavy atom. The molecule has 2 fully saturated rings. The molecule has 1 saturated carbocycles. The van der Waals surface area contributed by atoms with Gasteiger partial charge in [0.2, 0.25) is 0 Å². The highest BCUT2D eigenvalue weighted by Gasteiger charge is 2.35. The van der Waals surface area contributed by atoms with Gasteiger partial charge in [-0.2, -0.15) is 0 Å². The lowest BCUT2D eigenvalue weighted by Gasteiger charge is -2.16. The van der Waals surface area contributed by atoms with Gasteiger partial charge < -0.3 is 5.32 Å². The third-order valence-corrected chi connectivity index (χ3v) is 6.21. The third-order valence-electron chi connectivity index (χ3n) is 5.12. The number of nitrogens with one attached hydrogen (secondary N) is 1. The molecule has 118 valence electrons. The fourth-order valence-electron chi connectivity index (χ4n) is 4.02. The molecule has 21 heavy (non-hydrogen) atoms. The van der Waals surface area contributed by atoms with Gasteiger partial charge in [0.15, 0.2) is 0 Å². The average Bonchev–Trinajstić information content (AvgIpc) is 3.05. The van der Waals surface area contributed by atoms with Gasteiger partial charge in [0.1, 0.15) is 0 Å². The Balaban J connectivity index is 1.52. The van der Waals surface area contributed by atoms with Crippen LogP contribution in [0.1, 0.15) is 48.4 Å². The van der Waals surface area contributed by atoms with Crippen molar-refractivity contribution in [3.63, 3.8) is 0 Å². The van der Waals surface area contributed by atoms with Gasteiger partial charge in [0.25, 0.3) is 0 Å². The summed E-state index contributed by atoms with van der Waals surface area (Å²) < 4.78 is 0. The molecule has 0 aromatic carbocycles. The molecule has 2 nitrogen and oxygen atoms in total. The summed E-state index contributed by atoms with van der Waals surface area (Å²) >= 11 is 1.98. The topological polar surface area (TPSA) is 15.3 Å². The largest absolute Gasteiger partial charge is 0.312 e. The smallest absolute Gasteiger partial charge is 0.0300 e. The number of aryl methyl sites for hydroxylation is 1. The summed E-state index contributed by atoms with van der Waals surface area (Å²) in [6.07, 6.45) is 4.44. The maximum Gasteiger partial charge on any atom is 0.0300 e. The molecule has 0 radical (unpaired) electrons. The van der Waals surface area contributed by atoms with E-state index in [2.05, 4.69) is 37.1 Å². The van der Waals surface area contributed by atoms with Gasteiger partial charge in [0, 0.05) is 35.9 Å². The number of fused-ring (bicyclic) bond motifs is 1. The summed E-state index contributed by atoms with van der Waals surface area (Å²) in [7, 11) is 0. The molecular formula is C18H30N2S. The lowest BCUT2D eigenvalue weighted by Crippen LogP contribution is -2.21. The Labute approximate surface area is 133 Å². The molecule has 1 saturated heterocycles. The molecule has 3 heteroatoms. The van der Waals surface area contributed by atoms with E-state index >= 15 is 0 Å². The summed E-state index contributed by atoms with van der Waals surface area (Å²) in [5, 5.41) is 3.56. The predicted octanol–water partition coefficient (Wildman–Crippen LogP) is 4.03. The van der Waals surface area contributed by atoms with Gasteiger partial charge in [-0.1, -0.05) is 20.3 Å². The number of likely N-dealkylation sites (tertiary alicyclic amines) is 1. The molecule has 0 bridgehead atoms. The molecule has 1 aliphatic heterocycles. The van der Waals surface area contributed by atoms with Crippen LogP contribution in [0, 0.1) is 24.7 Å². The fraction of sp³-hybridized carbons (Fsp3) is 0.778. The standard InChI is InChI=1S/C18H30N2S/c1-13(2)8-19-9-18-7-17(14(3)21-18)12-20-10-15-5-4-6-16(15)11-20/h7,13,15-16,19H,4-6,8-12H2,1-3H3. The average molecular weight is 307 g/mol. The summed E-state index contributed by atoms with van der Waals surface area (Å²) in [5.41, 5.74) is 1.57. The third kappa shape index (κ3) is 3.88. The SMILES string of the molecule is Cc1sc(CNCC(C)C)cc1CN1CC2CCCC2C1. The molecule has 2 unspecified atom stereocenters. The molecule has 1 aromatic rings. The molecule has 3 rings (SSSR count). The lowest BCUT2D eigenvalue weighted by molar-refractivity contribution is 0.303. The van der Waals surface area contributed by atoms with Gasteiger partial charge in [-0.15, -0.1) is 11.3 Å². The van der Waals surface area contributed by atoms with Crippen LogP contribution in [0.5, 0.6) is 0 Å². The van der Waals surface area contributed by atoms with Crippen molar-refractivity contribution in [2.45, 2.75) is 53.1 Å². The van der Waals surface area contributed by atoms with E-state index in [4.69, 9.17) is 0 Å². The van der Waals surface area contributed by atoms with E-state index in [1.165, 1.54) is 48.7 Å². The second-order valence-corrected chi connectivity index (χ2v) is 8.80. The van der Waals surface area contributed by atoms with Crippen LogP contribution in [0.4, 0.5) is 0 Å². The highest BCUT2D eigenvalue weighted by molar-refractivity contribution is 7.12. The van der Waals surface area contributed by atoms with Crippen LogP contribution in [0.25, 0.3) is 0 Å². The Kier molecular flexibility index (Phi) is 5.03. The van der Waals surface area contributed by atoms with Crippen LogP contribution in [-0.4, -0.2) is 24.5 Å². The van der Waals surface area contributed by atoms with E-state index in [1.54, 1.807) is 5.56 Å². The highest BCUT2D eigenvalue weighted by atomic mass is 32.1. The summed E-state index contributed by atoms with van der Waals surface area (Å²) in [4.78, 5) is 5.73. The molecular weight excluding hydrogens is 276 g/mol. The first-order valence-electron chi connectivity index (χ1n) is 8.63. The summed E-state index contributed by atoms with van der Waals surface area (Å²) in [6.45, 7) is 12.9. The maximum atomic E-state index is 3.56. The van der Waals surface area contributed by atoms with Gasteiger partial charge in [0.05, 0.1) is 0 Å². The first-order chi connectivity index (χ1) is 10.1. The normalized spacial score (nSPS) is 25.9. The van der Waals surface area contributed by atoms with Gasteiger partial charge in [-0.25, -0.2) is 0 Å². The van der Waals surface area contributed by atoms with Crippen molar-refractivity contribution < 1.29 is 0 Å². The van der Waals surface area contributed by atoms with Gasteiger partial charge in [-0.05, 0) is 55.7 Å². The summed E-state index contributed by atoms with van der Waals surface area (Å²) in [5.74, 6) is 2.75. The Morgan fingerprint density at radius 2 is 2.00 bits per heavy atom. The van der Waals surface area contributed by atoms with Crippen LogP contribution in [-0.2, 0) is 13.1 Å². The molecule has 1 aliphatic carbocycles. The molecule has 1 aromatic heterocycles. The number of hydrogen-bond acceptors (Lipinski definition) is 3. The molecule has 1 N–H and O–H groups in total. The second-order valence-electron chi connectivity index (χ2n) is 7.46. The van der Waals surface area contributed by atoms with Crippen molar-refractivity contribution >= 4 is 11.3 Å². The van der Waals surface area contributed by atoms with E-state index < -0.39 is 0 Å².